The van der Waals surface area contributed by atoms with E-state index in [1.807, 2.05) is 11.0 Å². The minimum absolute atomic E-state index is 0.0494. The number of carbonyl (C=O) groups is 2. The Hall–Kier alpha value is -2.85. The Bertz CT molecular complexity index is 1500. The van der Waals surface area contributed by atoms with Gasteiger partial charge in [0.05, 0.1) is 22.6 Å². The number of alkyl halides is 1. The van der Waals surface area contributed by atoms with E-state index >= 15 is 4.39 Å². The number of aromatic nitrogens is 1. The molecule has 42 heavy (non-hydrogen) atoms. The summed E-state index contributed by atoms with van der Waals surface area (Å²) in [5, 5.41) is 3.04. The lowest BCUT2D eigenvalue weighted by Crippen LogP contribution is -2.38. The van der Waals surface area contributed by atoms with Gasteiger partial charge in [-0.05, 0) is 77.3 Å². The lowest BCUT2D eigenvalue weighted by atomic mass is 9.92. The number of fused-ring (bicyclic) bond motifs is 1. The molecule has 6 nitrogen and oxygen atoms in total. The number of nitrogens with zero attached hydrogens (tertiary/aromatic N) is 2. The van der Waals surface area contributed by atoms with Crippen LogP contribution < -0.4 is 10.2 Å². The van der Waals surface area contributed by atoms with Crippen LogP contribution in [0, 0.1) is 18.6 Å². The summed E-state index contributed by atoms with van der Waals surface area (Å²) in [5.41, 5.74) is 0.639. The first-order valence-corrected chi connectivity index (χ1v) is 15.0. The molecule has 2 unspecified atom stereocenters. The predicted octanol–water partition coefficient (Wildman–Crippen LogP) is 7.81. The fourth-order valence-corrected chi connectivity index (χ4v) is 5.96. The SMILES string of the molecule is Cc1c(N2CCCC(F)C2)nc2ccc(Br)cc2c1C(=O)NCC(CCC(=O)OC(C)(C)C)c1c(F)ccc(F)c1Cl. The van der Waals surface area contributed by atoms with E-state index in [9.17, 15) is 18.4 Å². The van der Waals surface area contributed by atoms with Gasteiger partial charge in [0.2, 0.25) is 0 Å². The van der Waals surface area contributed by atoms with Crippen molar-refractivity contribution in [1.82, 2.24) is 10.3 Å². The lowest BCUT2D eigenvalue weighted by molar-refractivity contribution is -0.155. The molecule has 0 spiro atoms. The number of ether oxygens (including phenoxy) is 1. The maximum atomic E-state index is 15.0. The molecule has 1 N–H and O–H groups in total. The van der Waals surface area contributed by atoms with E-state index in [0.717, 1.165) is 16.6 Å². The highest BCUT2D eigenvalue weighted by atomic mass is 79.9. The minimum Gasteiger partial charge on any atom is -0.460 e. The molecular formula is C31H34BrClF3N3O3. The van der Waals surface area contributed by atoms with Gasteiger partial charge < -0.3 is 15.0 Å². The van der Waals surface area contributed by atoms with Crippen LogP contribution in [-0.2, 0) is 9.53 Å². The highest BCUT2D eigenvalue weighted by Crippen LogP contribution is 2.34. The summed E-state index contributed by atoms with van der Waals surface area (Å²) in [6, 6.07) is 7.28. The fraction of sp³-hybridized carbons (Fsp3) is 0.452. The van der Waals surface area contributed by atoms with Gasteiger partial charge in [-0.15, -0.1) is 0 Å². The largest absolute Gasteiger partial charge is 0.460 e. The predicted molar refractivity (Wildman–Crippen MR) is 162 cm³/mol. The molecule has 1 fully saturated rings. The zero-order valence-corrected chi connectivity index (χ0v) is 26.3. The number of benzene rings is 2. The second-order valence-corrected chi connectivity index (χ2v) is 12.9. The van der Waals surface area contributed by atoms with Crippen LogP contribution in [0.15, 0.2) is 34.8 Å². The number of hydrogen-bond acceptors (Lipinski definition) is 5. The van der Waals surface area contributed by atoms with E-state index in [1.54, 1.807) is 39.8 Å². The Morgan fingerprint density at radius 2 is 1.93 bits per heavy atom. The van der Waals surface area contributed by atoms with Crippen LogP contribution in [0.5, 0.6) is 0 Å². The molecule has 0 aliphatic carbocycles. The van der Waals surface area contributed by atoms with Crippen LogP contribution in [-0.4, -0.2) is 48.3 Å². The van der Waals surface area contributed by atoms with Crippen molar-refractivity contribution in [2.75, 3.05) is 24.5 Å². The van der Waals surface area contributed by atoms with E-state index in [2.05, 4.69) is 21.2 Å². The van der Waals surface area contributed by atoms with Crippen molar-refractivity contribution in [3.05, 3.63) is 68.2 Å². The Labute approximate surface area is 257 Å². The number of nitrogens with one attached hydrogen (secondary N) is 1. The topological polar surface area (TPSA) is 71.5 Å². The first-order valence-electron chi connectivity index (χ1n) is 13.9. The third kappa shape index (κ3) is 7.56. The Kier molecular flexibility index (Phi) is 10.1. The molecule has 1 aromatic heterocycles. The van der Waals surface area contributed by atoms with E-state index < -0.39 is 46.2 Å². The smallest absolute Gasteiger partial charge is 0.306 e. The lowest BCUT2D eigenvalue weighted by Gasteiger charge is -2.32. The van der Waals surface area contributed by atoms with Gasteiger partial charge in [-0.2, -0.15) is 0 Å². The molecule has 1 aliphatic rings. The number of halogens is 5. The van der Waals surface area contributed by atoms with Gasteiger partial charge in [0, 0.05) is 46.4 Å². The molecule has 11 heteroatoms. The normalized spacial score (nSPS) is 16.4. The fourth-order valence-electron chi connectivity index (χ4n) is 5.29. The molecule has 0 radical (unpaired) electrons. The summed E-state index contributed by atoms with van der Waals surface area (Å²) in [6.07, 6.45) is 0.106. The molecule has 4 rings (SSSR count). The molecule has 226 valence electrons. The van der Waals surface area contributed by atoms with Crippen LogP contribution in [0.4, 0.5) is 19.0 Å². The van der Waals surface area contributed by atoms with Crippen molar-refractivity contribution < 1.29 is 27.5 Å². The summed E-state index contributed by atoms with van der Waals surface area (Å²) in [7, 11) is 0. The number of carbonyl (C=O) groups excluding carboxylic acids is 2. The zero-order chi connectivity index (χ0) is 30.8. The number of hydrogen-bond donors (Lipinski definition) is 1. The van der Waals surface area contributed by atoms with Crippen molar-refractivity contribution >= 4 is 56.1 Å². The van der Waals surface area contributed by atoms with Gasteiger partial charge in [-0.3, -0.25) is 9.59 Å². The van der Waals surface area contributed by atoms with Crippen LogP contribution in [0.3, 0.4) is 0 Å². The van der Waals surface area contributed by atoms with Crippen molar-refractivity contribution in [2.24, 2.45) is 0 Å². The van der Waals surface area contributed by atoms with E-state index in [0.29, 0.717) is 47.2 Å². The monoisotopic (exact) mass is 667 g/mol. The zero-order valence-electron chi connectivity index (χ0n) is 24.0. The molecule has 1 amide bonds. The van der Waals surface area contributed by atoms with Gasteiger partial charge in [0.15, 0.2) is 0 Å². The second kappa shape index (κ2) is 13.2. The molecule has 2 aromatic carbocycles. The number of rotatable bonds is 8. The first-order chi connectivity index (χ1) is 19.7. The third-order valence-electron chi connectivity index (χ3n) is 7.17. The Morgan fingerprint density at radius 3 is 2.62 bits per heavy atom. The molecule has 0 bridgehead atoms. The average molecular weight is 669 g/mol. The van der Waals surface area contributed by atoms with E-state index in [4.69, 9.17) is 21.3 Å². The molecule has 2 heterocycles. The molecule has 1 aliphatic heterocycles. The van der Waals surface area contributed by atoms with Gasteiger partial charge in [-0.25, -0.2) is 18.2 Å². The molecular weight excluding hydrogens is 635 g/mol. The summed E-state index contributed by atoms with van der Waals surface area (Å²) in [6.45, 7) is 7.63. The number of anilines is 1. The number of piperidine rings is 1. The minimum atomic E-state index is -0.991. The number of amides is 1. The summed E-state index contributed by atoms with van der Waals surface area (Å²) < 4.78 is 49.8. The number of esters is 1. The van der Waals surface area contributed by atoms with Crippen LogP contribution >= 0.6 is 27.5 Å². The van der Waals surface area contributed by atoms with Crippen molar-refractivity contribution in [3.63, 3.8) is 0 Å². The quantitative estimate of drug-likeness (QED) is 0.196. The first kappa shape index (κ1) is 32.1. The molecule has 3 aromatic rings. The van der Waals surface area contributed by atoms with E-state index in [-0.39, 0.29) is 31.5 Å². The van der Waals surface area contributed by atoms with Crippen molar-refractivity contribution in [1.29, 1.82) is 0 Å². The van der Waals surface area contributed by atoms with Crippen LogP contribution in [0.25, 0.3) is 10.9 Å². The molecule has 0 saturated carbocycles. The highest BCUT2D eigenvalue weighted by Gasteiger charge is 2.28. The summed E-state index contributed by atoms with van der Waals surface area (Å²) in [4.78, 5) is 32.9. The Morgan fingerprint density at radius 1 is 1.21 bits per heavy atom. The maximum absolute atomic E-state index is 15.0. The van der Waals surface area contributed by atoms with Gasteiger partial charge in [0.1, 0.15) is 29.2 Å². The maximum Gasteiger partial charge on any atom is 0.306 e. The average Bonchev–Trinajstić information content (AvgIpc) is 2.90. The van der Waals surface area contributed by atoms with Gasteiger partial charge in [-0.1, -0.05) is 27.5 Å². The van der Waals surface area contributed by atoms with E-state index in [1.165, 1.54) is 0 Å². The van der Waals surface area contributed by atoms with Crippen molar-refractivity contribution in [2.45, 2.75) is 71.1 Å². The standard InChI is InChI=1S/C31H34BrClF3N3O3/c1-17-26(21-14-19(32)8-11-24(21)38-29(17)39-13-5-6-20(34)16-39)30(41)37-15-18(7-12-25(40)42-31(2,3)4)27-22(35)9-10-23(36)28(27)33/h8-11,14,18,20H,5-7,12-13,15-16H2,1-4H3,(H,37,41). The van der Waals surface area contributed by atoms with Crippen LogP contribution in [0.2, 0.25) is 5.02 Å². The van der Waals surface area contributed by atoms with Crippen molar-refractivity contribution in [3.8, 4) is 0 Å². The van der Waals surface area contributed by atoms with Gasteiger partial charge >= 0.3 is 5.97 Å². The molecule has 2 atom stereocenters. The second-order valence-electron chi connectivity index (χ2n) is 11.6. The third-order valence-corrected chi connectivity index (χ3v) is 8.05. The Balaban J connectivity index is 1.67. The van der Waals surface area contributed by atoms with Crippen LogP contribution in [0.1, 0.15) is 73.9 Å². The number of pyridine rings is 1. The summed E-state index contributed by atoms with van der Waals surface area (Å²) in [5.74, 6) is -2.84. The highest BCUT2D eigenvalue weighted by molar-refractivity contribution is 9.10. The molecule has 1 saturated heterocycles. The van der Waals surface area contributed by atoms with Gasteiger partial charge in [0.25, 0.3) is 5.91 Å². The summed E-state index contributed by atoms with van der Waals surface area (Å²) >= 11 is 9.65.